The molecular weight excluding hydrogens is 768 g/mol. The van der Waals surface area contributed by atoms with Crippen molar-refractivity contribution in [2.75, 3.05) is 19.8 Å². The lowest BCUT2D eigenvalue weighted by Gasteiger charge is -2.24. The number of ether oxygens (including phenoxy) is 3. The third kappa shape index (κ3) is 19.9. The fraction of sp³-hybridized carbons (Fsp3) is 1.00. The van der Waals surface area contributed by atoms with Crippen LogP contribution in [-0.4, -0.2) is 110 Å². The number of aliphatic hydroxyl groups excluding tert-OH is 3. The van der Waals surface area contributed by atoms with E-state index in [9.17, 15) is 105 Å². The summed E-state index contributed by atoms with van der Waals surface area (Å²) in [5.74, 6) is 0. The molecule has 0 aromatic heterocycles. The second-order valence-corrected chi connectivity index (χ2v) is 7.81. The molecule has 0 heterocycles. The molecule has 0 saturated heterocycles. The molecule has 0 atom stereocenters. The van der Waals surface area contributed by atoms with Gasteiger partial charge in [-0.2, -0.15) is 52.7 Å². The molecule has 0 aliphatic heterocycles. The first-order chi connectivity index (χ1) is 21.0. The van der Waals surface area contributed by atoms with Gasteiger partial charge in [0, 0.05) is 5.41 Å². The van der Waals surface area contributed by atoms with Gasteiger partial charge in [-0.15, -0.1) is 0 Å². The quantitative estimate of drug-likeness (QED) is 0.141. The highest BCUT2D eigenvalue weighted by atomic mass is 19.4. The maximum Gasteiger partial charge on any atom is 0.421 e. The predicted molar refractivity (Wildman–Crippen MR) is 103 cm³/mol. The molecule has 296 valence electrons. The summed E-state index contributed by atoms with van der Waals surface area (Å²) in [6, 6.07) is 0. The van der Waals surface area contributed by atoms with Crippen LogP contribution in [0, 0.1) is 5.41 Å². The van der Waals surface area contributed by atoms with Crippen molar-refractivity contribution in [2.45, 2.75) is 88.5 Å². The van der Waals surface area contributed by atoms with Crippen LogP contribution in [0.25, 0.3) is 0 Å². The number of rotatable bonds is 16. The molecule has 0 bridgehead atoms. The van der Waals surface area contributed by atoms with Crippen LogP contribution >= 0.6 is 0 Å². The Kier molecular flexibility index (Phi) is 22.8. The minimum absolute atomic E-state index is 0.156. The Balaban J connectivity index is -0.000000271. The molecule has 0 saturated carbocycles. The highest BCUT2D eigenvalue weighted by Gasteiger charge is 2.57. The molecule has 30 heteroatoms. The summed E-state index contributed by atoms with van der Waals surface area (Å²) in [6.07, 6.45) is -60.6. The van der Waals surface area contributed by atoms with Crippen LogP contribution in [0.15, 0.2) is 0 Å². The average Bonchev–Trinajstić information content (AvgIpc) is 2.89. The molecule has 0 rings (SSSR count). The minimum atomic E-state index is -5.60. The van der Waals surface area contributed by atoms with Crippen LogP contribution < -0.4 is 0 Å². The fourth-order valence-electron chi connectivity index (χ4n) is 1.30. The SMILES string of the molecule is CCC(CO)(CO)CO.FC(F)C(F)(F)OC(F)(F)C(F)F.FC(F)C(F)(F)OC(F)(F)C(F)F.FC(F)C(F)(F)OC(F)(F)C(F)F. The number of aliphatic hydroxyl groups is 3. The number of alkyl halides is 24. The Morgan fingerprint density at radius 1 is 0.354 bits per heavy atom. The number of halogens is 24. The zero-order valence-corrected chi connectivity index (χ0v) is 22.4. The van der Waals surface area contributed by atoms with Gasteiger partial charge in [-0.25, -0.2) is 66.9 Å². The van der Waals surface area contributed by atoms with E-state index in [0.29, 0.717) is 6.42 Å². The summed E-state index contributed by atoms with van der Waals surface area (Å²) in [6.45, 7) is 1.35. The van der Waals surface area contributed by atoms with Crippen molar-refractivity contribution in [2.24, 2.45) is 5.41 Å². The van der Waals surface area contributed by atoms with Gasteiger partial charge in [0.05, 0.1) is 19.8 Å². The summed E-state index contributed by atoms with van der Waals surface area (Å²) in [4.78, 5) is 0. The molecule has 0 fully saturated rings. The van der Waals surface area contributed by atoms with Crippen molar-refractivity contribution in [1.82, 2.24) is 0 Å². The maximum atomic E-state index is 11.6. The van der Waals surface area contributed by atoms with Gasteiger partial charge in [0.2, 0.25) is 0 Å². The Hall–Kier alpha value is -1.92. The van der Waals surface area contributed by atoms with Crippen LogP contribution in [0.1, 0.15) is 13.3 Å². The smallest absolute Gasteiger partial charge is 0.396 e. The topological polar surface area (TPSA) is 88.4 Å². The van der Waals surface area contributed by atoms with E-state index in [4.69, 9.17) is 15.3 Å². The lowest BCUT2D eigenvalue weighted by atomic mass is 9.88. The molecule has 0 spiro atoms. The van der Waals surface area contributed by atoms with Crippen molar-refractivity contribution in [1.29, 1.82) is 0 Å². The van der Waals surface area contributed by atoms with Crippen molar-refractivity contribution in [3.05, 3.63) is 0 Å². The van der Waals surface area contributed by atoms with Crippen molar-refractivity contribution >= 4 is 0 Å². The van der Waals surface area contributed by atoms with Gasteiger partial charge in [-0.1, -0.05) is 6.92 Å². The zero-order valence-electron chi connectivity index (χ0n) is 22.4. The lowest BCUT2D eigenvalue weighted by molar-refractivity contribution is -0.428. The first-order valence-electron chi connectivity index (χ1n) is 10.9. The summed E-state index contributed by atoms with van der Waals surface area (Å²) < 4.78 is 279. The molecule has 0 aliphatic rings. The monoisotopic (exact) mass is 788 g/mol. The van der Waals surface area contributed by atoms with Crippen molar-refractivity contribution in [3.63, 3.8) is 0 Å². The molecule has 48 heavy (non-hydrogen) atoms. The Bertz CT molecular complexity index is 676. The third-order valence-electron chi connectivity index (χ3n) is 4.10. The average molecular weight is 788 g/mol. The summed E-state index contributed by atoms with van der Waals surface area (Å²) >= 11 is 0. The standard InChI is InChI=1S/C6H14O3.3C4H2F8O/c1-2-6(3-7,4-8)5-9;3*5-1(6)3(9,10)13-4(11,12)2(7)8/h7-9H,2-5H2,1H3;3*1-2H. The fourth-order valence-corrected chi connectivity index (χ4v) is 1.30. The van der Waals surface area contributed by atoms with Crippen molar-refractivity contribution < 1.29 is 135 Å². The Labute approximate surface area is 250 Å². The predicted octanol–water partition coefficient (Wildman–Crippen LogP) is 7.52. The Morgan fingerprint density at radius 3 is 0.521 bits per heavy atom. The summed E-state index contributed by atoms with van der Waals surface area (Å²) in [5.41, 5.74) is -0.667. The normalized spacial score (nSPS) is 13.9. The second kappa shape index (κ2) is 20.7. The van der Waals surface area contributed by atoms with E-state index in [1.165, 1.54) is 0 Å². The van der Waals surface area contributed by atoms with Gasteiger partial charge in [0.25, 0.3) is 0 Å². The number of hydrogen-bond donors (Lipinski definition) is 3. The van der Waals surface area contributed by atoms with Crippen LogP contribution in [-0.2, 0) is 14.2 Å². The van der Waals surface area contributed by atoms with Crippen molar-refractivity contribution in [3.8, 4) is 0 Å². The molecule has 0 aromatic carbocycles. The second-order valence-electron chi connectivity index (χ2n) is 7.81. The van der Waals surface area contributed by atoms with E-state index >= 15 is 0 Å². The van der Waals surface area contributed by atoms with E-state index in [0.717, 1.165) is 0 Å². The van der Waals surface area contributed by atoms with E-state index in [1.54, 1.807) is 0 Å². The number of hydrogen-bond acceptors (Lipinski definition) is 6. The maximum absolute atomic E-state index is 11.6. The molecule has 0 radical (unpaired) electrons. The van der Waals surface area contributed by atoms with Gasteiger partial charge in [-0.3, -0.25) is 0 Å². The van der Waals surface area contributed by atoms with Gasteiger partial charge in [0.1, 0.15) is 0 Å². The van der Waals surface area contributed by atoms with E-state index < -0.39 is 80.6 Å². The highest BCUT2D eigenvalue weighted by Crippen LogP contribution is 2.37. The van der Waals surface area contributed by atoms with E-state index in [2.05, 4.69) is 0 Å². The van der Waals surface area contributed by atoms with Crippen LogP contribution in [0.3, 0.4) is 0 Å². The van der Waals surface area contributed by atoms with Gasteiger partial charge >= 0.3 is 75.2 Å². The highest BCUT2D eigenvalue weighted by molar-refractivity contribution is 4.74. The van der Waals surface area contributed by atoms with Crippen LogP contribution in [0.2, 0.25) is 0 Å². The summed E-state index contributed by atoms with van der Waals surface area (Å²) in [5, 5.41) is 26.0. The van der Waals surface area contributed by atoms with E-state index in [1.807, 2.05) is 21.1 Å². The molecule has 0 aromatic rings. The Morgan fingerprint density at radius 2 is 0.479 bits per heavy atom. The third-order valence-corrected chi connectivity index (χ3v) is 4.10. The van der Waals surface area contributed by atoms with Crippen LogP contribution in [0.5, 0.6) is 0 Å². The van der Waals surface area contributed by atoms with Gasteiger partial charge < -0.3 is 15.3 Å². The first-order valence-corrected chi connectivity index (χ1v) is 10.9. The molecular formula is C18H20F24O6. The molecule has 6 nitrogen and oxygen atoms in total. The van der Waals surface area contributed by atoms with Gasteiger partial charge in [-0.05, 0) is 6.42 Å². The van der Waals surface area contributed by atoms with Gasteiger partial charge in [0.15, 0.2) is 0 Å². The zero-order chi connectivity index (χ0) is 39.9. The van der Waals surface area contributed by atoms with E-state index in [-0.39, 0.29) is 19.8 Å². The molecule has 0 aliphatic carbocycles. The molecule has 0 amide bonds. The minimum Gasteiger partial charge on any atom is -0.396 e. The molecule has 3 N–H and O–H groups in total. The lowest BCUT2D eigenvalue weighted by Crippen LogP contribution is -2.42. The summed E-state index contributed by atoms with van der Waals surface area (Å²) in [7, 11) is 0. The van der Waals surface area contributed by atoms with Crippen LogP contribution in [0.4, 0.5) is 105 Å². The largest absolute Gasteiger partial charge is 0.421 e. The molecule has 0 unspecified atom stereocenters. The first kappa shape index (κ1) is 52.9.